The number of anilines is 1. The Kier molecular flexibility index (Phi) is 5.70. The molecule has 0 aliphatic carbocycles. The van der Waals surface area contributed by atoms with Crippen LogP contribution < -0.4 is 10.1 Å². The molecule has 186 valence electrons. The van der Waals surface area contributed by atoms with Crippen molar-refractivity contribution >= 4 is 17.2 Å². The van der Waals surface area contributed by atoms with Crippen molar-refractivity contribution in [2.45, 2.75) is 32.2 Å². The zero-order valence-electron chi connectivity index (χ0n) is 19.6. The van der Waals surface area contributed by atoms with E-state index in [9.17, 15) is 8.78 Å². The van der Waals surface area contributed by atoms with Crippen molar-refractivity contribution in [3.05, 3.63) is 59.2 Å². The van der Waals surface area contributed by atoms with Crippen molar-refractivity contribution in [2.24, 2.45) is 0 Å². The van der Waals surface area contributed by atoms with Crippen LogP contribution in [-0.2, 0) is 15.9 Å². The lowest BCUT2D eigenvalue weighted by Crippen LogP contribution is -2.26. The maximum atomic E-state index is 14.5. The Morgan fingerprint density at radius 3 is 2.89 bits per heavy atom. The molecule has 4 aromatic rings. The van der Waals surface area contributed by atoms with Gasteiger partial charge < -0.3 is 19.5 Å². The first kappa shape index (κ1) is 23.0. The first-order valence-corrected chi connectivity index (χ1v) is 12.4. The number of rotatable bonds is 5. The molecule has 0 amide bonds. The highest BCUT2D eigenvalue weighted by Crippen LogP contribution is 2.42. The molecule has 0 bridgehead atoms. The molecule has 0 spiro atoms. The van der Waals surface area contributed by atoms with Crippen LogP contribution in [0.1, 0.15) is 18.7 Å². The fraction of sp³-hybridized carbons (Fsp3) is 0.320. The molecule has 1 atom stereocenters. The van der Waals surface area contributed by atoms with Gasteiger partial charge in [0.1, 0.15) is 41.2 Å². The van der Waals surface area contributed by atoms with Crippen molar-refractivity contribution < 1.29 is 23.0 Å². The van der Waals surface area contributed by atoms with Crippen molar-refractivity contribution in [3.8, 4) is 33.4 Å². The predicted molar refractivity (Wildman–Crippen MR) is 130 cm³/mol. The van der Waals surface area contributed by atoms with Crippen molar-refractivity contribution in [3.63, 3.8) is 0 Å². The summed E-state index contributed by atoms with van der Waals surface area (Å²) in [5.74, 6) is -0.0872. The fourth-order valence-electron chi connectivity index (χ4n) is 4.35. The maximum absolute atomic E-state index is 14.5. The zero-order valence-corrected chi connectivity index (χ0v) is 20.4. The average molecular weight is 512 g/mol. The molecule has 1 fully saturated rings. The molecule has 0 saturated carbocycles. The van der Waals surface area contributed by atoms with Crippen LogP contribution in [0.2, 0.25) is 0 Å². The van der Waals surface area contributed by atoms with E-state index in [4.69, 9.17) is 19.2 Å². The van der Waals surface area contributed by atoms with Gasteiger partial charge in [0, 0.05) is 29.5 Å². The minimum atomic E-state index is -0.712. The Balaban J connectivity index is 1.32. The van der Waals surface area contributed by atoms with Crippen LogP contribution in [0.4, 0.5) is 14.6 Å². The normalized spacial score (nSPS) is 18.3. The van der Waals surface area contributed by atoms with Gasteiger partial charge in [0.15, 0.2) is 17.4 Å². The number of hydrogen-bond acceptors (Lipinski definition) is 8. The van der Waals surface area contributed by atoms with Gasteiger partial charge in [-0.1, -0.05) is 0 Å². The molecule has 0 radical (unpaired) electrons. The SMILES string of the molecule is CC1(C)OCC(CNc2ccc3c(n2)-c2cc(-c4ncnn4-c4ccc(F)cc4F)sc2CCO3)O1. The van der Waals surface area contributed by atoms with E-state index in [2.05, 4.69) is 15.4 Å². The highest BCUT2D eigenvalue weighted by atomic mass is 32.1. The van der Waals surface area contributed by atoms with Crippen LogP contribution in [0.25, 0.3) is 27.6 Å². The number of halogens is 2. The lowest BCUT2D eigenvalue weighted by atomic mass is 10.1. The highest BCUT2D eigenvalue weighted by Gasteiger charge is 2.32. The second kappa shape index (κ2) is 8.91. The van der Waals surface area contributed by atoms with Crippen LogP contribution in [0.15, 0.2) is 42.7 Å². The van der Waals surface area contributed by atoms with Gasteiger partial charge in [-0.2, -0.15) is 5.10 Å². The van der Waals surface area contributed by atoms with Crippen LogP contribution in [0.5, 0.6) is 5.75 Å². The van der Waals surface area contributed by atoms with Crippen molar-refractivity contribution in [1.29, 1.82) is 0 Å². The molecular weight excluding hydrogens is 488 g/mol. The minimum absolute atomic E-state index is 0.0709. The Morgan fingerprint density at radius 2 is 2.08 bits per heavy atom. The Hall–Kier alpha value is -3.41. The number of hydrogen-bond donors (Lipinski definition) is 1. The lowest BCUT2D eigenvalue weighted by molar-refractivity contribution is -0.136. The van der Waals surface area contributed by atoms with Crippen molar-refractivity contribution in [2.75, 3.05) is 25.1 Å². The summed E-state index contributed by atoms with van der Waals surface area (Å²) in [6, 6.07) is 9.14. The molecule has 11 heteroatoms. The van der Waals surface area contributed by atoms with E-state index in [1.54, 1.807) is 0 Å². The number of aromatic nitrogens is 4. The summed E-state index contributed by atoms with van der Waals surface area (Å²) in [6.45, 7) is 5.37. The quantitative estimate of drug-likeness (QED) is 0.411. The predicted octanol–water partition coefficient (Wildman–Crippen LogP) is 4.83. The van der Waals surface area contributed by atoms with E-state index in [-0.39, 0.29) is 11.8 Å². The van der Waals surface area contributed by atoms with Gasteiger partial charge in [0.25, 0.3) is 0 Å². The van der Waals surface area contributed by atoms with Gasteiger partial charge in [-0.25, -0.2) is 23.4 Å². The van der Waals surface area contributed by atoms with Gasteiger partial charge in [-0.3, -0.25) is 0 Å². The van der Waals surface area contributed by atoms with Crippen molar-refractivity contribution in [1.82, 2.24) is 19.7 Å². The van der Waals surface area contributed by atoms with Crippen LogP contribution in [0, 0.1) is 11.6 Å². The Morgan fingerprint density at radius 1 is 1.19 bits per heavy atom. The molecule has 3 aromatic heterocycles. The summed E-state index contributed by atoms with van der Waals surface area (Å²) < 4.78 is 46.8. The number of fused-ring (bicyclic) bond motifs is 3. The summed E-state index contributed by atoms with van der Waals surface area (Å²) in [5, 5.41) is 7.52. The standard InChI is InChI=1S/C25H23F2N5O3S/c1-25(2)34-12-15(35-25)11-28-22-6-5-19-23(31-22)16-10-21(36-20(16)7-8-33-19)24-29-13-30-32(24)18-4-3-14(26)9-17(18)27/h3-6,9-10,13,15H,7-8,11-12H2,1-2H3,(H,28,31). The Labute approximate surface area is 209 Å². The topological polar surface area (TPSA) is 83.3 Å². The van der Waals surface area contributed by atoms with Crippen LogP contribution in [0.3, 0.4) is 0 Å². The van der Waals surface area contributed by atoms with E-state index < -0.39 is 17.4 Å². The Bertz CT molecular complexity index is 1440. The first-order valence-electron chi connectivity index (χ1n) is 11.5. The summed E-state index contributed by atoms with van der Waals surface area (Å²) >= 11 is 1.53. The van der Waals surface area contributed by atoms with Gasteiger partial charge >= 0.3 is 0 Å². The number of nitrogens with zero attached hydrogens (tertiary/aromatic N) is 4. The minimum Gasteiger partial charge on any atom is -0.491 e. The number of nitrogens with one attached hydrogen (secondary N) is 1. The number of benzene rings is 1. The molecule has 2 aliphatic heterocycles. The van der Waals surface area contributed by atoms with E-state index in [0.717, 1.165) is 27.1 Å². The van der Waals surface area contributed by atoms with E-state index in [1.807, 2.05) is 32.0 Å². The van der Waals surface area contributed by atoms with Gasteiger partial charge in [0.05, 0.1) is 18.1 Å². The molecule has 6 rings (SSSR count). The largest absolute Gasteiger partial charge is 0.491 e. The molecule has 5 heterocycles. The number of thiophene rings is 1. The third-order valence-corrected chi connectivity index (χ3v) is 7.18. The van der Waals surface area contributed by atoms with E-state index in [0.29, 0.717) is 43.6 Å². The summed E-state index contributed by atoms with van der Waals surface area (Å²) in [6.07, 6.45) is 1.98. The molecule has 8 nitrogen and oxygen atoms in total. The highest BCUT2D eigenvalue weighted by molar-refractivity contribution is 7.16. The monoisotopic (exact) mass is 511 g/mol. The molecule has 1 saturated heterocycles. The zero-order chi connectivity index (χ0) is 24.9. The second-order valence-corrected chi connectivity index (χ2v) is 10.1. The van der Waals surface area contributed by atoms with Gasteiger partial charge in [-0.15, -0.1) is 11.3 Å². The van der Waals surface area contributed by atoms with Crippen LogP contribution >= 0.6 is 11.3 Å². The fourth-order valence-corrected chi connectivity index (χ4v) is 5.48. The summed E-state index contributed by atoms with van der Waals surface area (Å²) in [5.41, 5.74) is 1.78. The average Bonchev–Trinajstić information content (AvgIpc) is 3.54. The third-order valence-electron chi connectivity index (χ3n) is 5.99. The lowest BCUT2D eigenvalue weighted by Gasteiger charge is -2.17. The van der Waals surface area contributed by atoms with E-state index >= 15 is 0 Å². The molecule has 1 N–H and O–H groups in total. The molecule has 36 heavy (non-hydrogen) atoms. The molecule has 1 aromatic carbocycles. The molecule has 2 aliphatic rings. The van der Waals surface area contributed by atoms with Gasteiger partial charge in [0.2, 0.25) is 0 Å². The first-order chi connectivity index (χ1) is 17.4. The van der Waals surface area contributed by atoms with Crippen LogP contribution in [-0.4, -0.2) is 51.4 Å². The molecule has 1 unspecified atom stereocenters. The summed E-state index contributed by atoms with van der Waals surface area (Å²) in [4.78, 5) is 11.1. The summed E-state index contributed by atoms with van der Waals surface area (Å²) in [7, 11) is 0. The van der Waals surface area contributed by atoms with E-state index in [1.165, 1.54) is 34.5 Å². The second-order valence-electron chi connectivity index (χ2n) is 9.01. The van der Waals surface area contributed by atoms with Gasteiger partial charge in [-0.05, 0) is 44.2 Å². The maximum Gasteiger partial charge on any atom is 0.173 e. The number of ether oxygens (including phenoxy) is 3. The third kappa shape index (κ3) is 4.34. The smallest absolute Gasteiger partial charge is 0.173 e. The molecular formula is C25H23F2N5O3S. The number of pyridine rings is 1.